The van der Waals surface area contributed by atoms with E-state index in [9.17, 15) is 24.3 Å². The maximum atomic E-state index is 13.2. The van der Waals surface area contributed by atoms with Gasteiger partial charge in [-0.25, -0.2) is 19.3 Å². The van der Waals surface area contributed by atoms with Crippen LogP contribution in [-0.4, -0.2) is 99.8 Å². The predicted octanol–water partition coefficient (Wildman–Crippen LogP) is -0.0617. The largest absolute Gasteiger partial charge is 0.477 e. The molecule has 0 spiro atoms. The molecule has 16 nitrogen and oxygen atoms in total. The van der Waals surface area contributed by atoms with Crippen molar-refractivity contribution in [1.82, 2.24) is 35.4 Å². The average molecular weight is 636 g/mol. The molecule has 2 amide bonds. The van der Waals surface area contributed by atoms with E-state index >= 15 is 0 Å². The maximum absolute atomic E-state index is 13.2. The molecule has 1 saturated heterocycles. The molecule has 4 heterocycles. The summed E-state index contributed by atoms with van der Waals surface area (Å²) in [6.45, 7) is 4.63. The first-order valence-electron chi connectivity index (χ1n) is 12.1. The molecule has 4 N–H and O–H groups in total. The first kappa shape index (κ1) is 30.8. The molecule has 0 saturated carbocycles. The number of anilines is 1. The summed E-state index contributed by atoms with van der Waals surface area (Å²) in [7, 11) is 0. The van der Waals surface area contributed by atoms with E-state index in [0.29, 0.717) is 10.7 Å². The number of carbonyl (C=O) groups excluding carboxylic acids is 3. The molecule has 1 fully saturated rings. The zero-order valence-electron chi connectivity index (χ0n) is 22.5. The van der Waals surface area contributed by atoms with Crippen molar-refractivity contribution in [3.8, 4) is 12.3 Å². The number of tetrazole rings is 1. The van der Waals surface area contributed by atoms with Crippen LogP contribution in [0, 0.1) is 12.3 Å². The van der Waals surface area contributed by atoms with Gasteiger partial charge in [0.25, 0.3) is 11.8 Å². The van der Waals surface area contributed by atoms with Gasteiger partial charge in [-0.15, -0.1) is 34.6 Å². The molecule has 2 aromatic heterocycles. The third-order valence-corrected chi connectivity index (χ3v) is 8.45. The van der Waals surface area contributed by atoms with Crippen LogP contribution in [0.1, 0.15) is 26.5 Å². The van der Waals surface area contributed by atoms with E-state index in [0.717, 1.165) is 16.2 Å². The molecule has 19 heteroatoms. The normalized spacial score (nSPS) is 18.6. The van der Waals surface area contributed by atoms with E-state index in [2.05, 4.69) is 36.9 Å². The number of hydrogen-bond acceptors (Lipinski definition) is 15. The summed E-state index contributed by atoms with van der Waals surface area (Å²) in [6, 6.07) is -1.05. The monoisotopic (exact) mass is 635 g/mol. The number of nitrogens with one attached hydrogen (secondary N) is 1. The Kier molecular flexibility index (Phi) is 9.38. The van der Waals surface area contributed by atoms with Crippen LogP contribution < -0.4 is 11.1 Å². The number of nitrogen functional groups attached to an aromatic ring is 1. The van der Waals surface area contributed by atoms with Crippen molar-refractivity contribution in [2.45, 2.75) is 49.5 Å². The summed E-state index contributed by atoms with van der Waals surface area (Å²) in [6.07, 6.45) is 5.32. The molecule has 0 aromatic carbocycles. The van der Waals surface area contributed by atoms with Gasteiger partial charge in [0.2, 0.25) is 11.8 Å². The lowest BCUT2D eigenvalue weighted by Crippen LogP contribution is -2.71. The highest BCUT2D eigenvalue weighted by Crippen LogP contribution is 2.41. The Labute approximate surface area is 251 Å². The minimum absolute atomic E-state index is 0.0664. The number of nitrogens with zero attached hydrogens (tertiary/aromatic N) is 7. The van der Waals surface area contributed by atoms with Gasteiger partial charge in [0.15, 0.2) is 10.8 Å². The molecule has 1 unspecified atom stereocenters. The van der Waals surface area contributed by atoms with Crippen LogP contribution in [0.5, 0.6) is 0 Å². The quantitative estimate of drug-likeness (QED) is 0.0736. The molecule has 0 aliphatic carbocycles. The van der Waals surface area contributed by atoms with E-state index in [4.69, 9.17) is 21.7 Å². The van der Waals surface area contributed by atoms with Crippen molar-refractivity contribution in [1.29, 1.82) is 0 Å². The van der Waals surface area contributed by atoms with E-state index in [1.54, 1.807) is 20.8 Å². The number of hydrogen-bond donors (Lipinski definition) is 3. The first-order chi connectivity index (χ1) is 19.9. The Hall–Kier alpha value is -4.15. The number of fused-ring (bicyclic) bond motifs is 1. The highest BCUT2D eigenvalue weighted by molar-refractivity contribution is 8.01. The second-order valence-corrected chi connectivity index (χ2v) is 12.5. The number of terminal acetylenes is 1. The Balaban J connectivity index is 1.46. The number of carbonyl (C=O) groups is 4. The van der Waals surface area contributed by atoms with Gasteiger partial charge in [-0.05, 0) is 36.8 Å². The summed E-state index contributed by atoms with van der Waals surface area (Å²) in [5.41, 5.74) is 5.02. The van der Waals surface area contributed by atoms with Crippen LogP contribution in [0.15, 0.2) is 27.0 Å². The minimum atomic E-state index is -1.28. The number of thiazole rings is 1. The van der Waals surface area contributed by atoms with Crippen molar-refractivity contribution in [3.05, 3.63) is 22.3 Å². The van der Waals surface area contributed by atoms with Crippen molar-refractivity contribution >= 4 is 69.5 Å². The molecule has 0 radical (unpaired) electrons. The van der Waals surface area contributed by atoms with E-state index < -0.39 is 47.4 Å². The van der Waals surface area contributed by atoms with E-state index in [1.165, 1.54) is 33.6 Å². The van der Waals surface area contributed by atoms with E-state index in [1.807, 2.05) is 0 Å². The number of carboxylic acids is 1. The van der Waals surface area contributed by atoms with Gasteiger partial charge in [-0.3, -0.25) is 14.5 Å². The van der Waals surface area contributed by atoms with Crippen LogP contribution in [0.3, 0.4) is 0 Å². The highest BCUT2D eigenvalue weighted by atomic mass is 32.2. The second-order valence-electron chi connectivity index (χ2n) is 9.60. The number of esters is 1. The van der Waals surface area contributed by atoms with Crippen LogP contribution in [0.2, 0.25) is 0 Å². The molecule has 2 aliphatic heterocycles. The summed E-state index contributed by atoms with van der Waals surface area (Å²) in [4.78, 5) is 60.8. The van der Waals surface area contributed by atoms with E-state index in [-0.39, 0.29) is 40.3 Å². The Morgan fingerprint density at radius 1 is 1.38 bits per heavy atom. The molecule has 2 atom stereocenters. The molecule has 222 valence electrons. The van der Waals surface area contributed by atoms with Crippen molar-refractivity contribution in [2.24, 2.45) is 5.16 Å². The fraction of sp³-hybridized carbons (Fsp3) is 0.435. The lowest BCUT2D eigenvalue weighted by atomic mass is 10.0. The second kappa shape index (κ2) is 12.8. The van der Waals surface area contributed by atoms with Crippen molar-refractivity contribution < 1.29 is 33.9 Å². The molecule has 2 aliphatic rings. The van der Waals surface area contributed by atoms with Gasteiger partial charge < -0.3 is 25.7 Å². The zero-order chi connectivity index (χ0) is 30.6. The van der Waals surface area contributed by atoms with Gasteiger partial charge in [-0.1, -0.05) is 22.8 Å². The van der Waals surface area contributed by atoms with Gasteiger partial charge in [0, 0.05) is 16.9 Å². The fourth-order valence-electron chi connectivity index (χ4n) is 3.76. The third-order valence-electron chi connectivity index (χ3n) is 5.39. The number of thioether (sulfide) groups is 2. The highest BCUT2D eigenvalue weighted by Gasteiger charge is 2.54. The SMILES string of the molecule is C#CCn1nnnc1SCC1=C(C(=O)O)N2C(=O)C(NC(=O)C(=NOCC(=O)OC(C)(C)C)c3csc(N)n3)[C@@H]2SC1. The van der Waals surface area contributed by atoms with Crippen LogP contribution in [0.4, 0.5) is 5.13 Å². The number of ether oxygens (including phenoxy) is 1. The Morgan fingerprint density at radius 3 is 2.79 bits per heavy atom. The molecular formula is C23H25N9O7S3. The molecule has 2 aromatic rings. The summed E-state index contributed by atoms with van der Waals surface area (Å²) in [5.74, 6) is -0.539. The van der Waals surface area contributed by atoms with Crippen molar-refractivity contribution in [3.63, 3.8) is 0 Å². The molecule has 4 rings (SSSR count). The lowest BCUT2D eigenvalue weighted by molar-refractivity contribution is -0.160. The van der Waals surface area contributed by atoms with Crippen LogP contribution >= 0.6 is 34.9 Å². The predicted molar refractivity (Wildman–Crippen MR) is 152 cm³/mol. The zero-order valence-corrected chi connectivity index (χ0v) is 24.9. The number of nitrogens with two attached hydrogens (primary N) is 1. The third kappa shape index (κ3) is 7.00. The summed E-state index contributed by atoms with van der Waals surface area (Å²) < 4.78 is 6.55. The first-order valence-corrected chi connectivity index (χ1v) is 15.0. The topological polar surface area (TPSA) is 217 Å². The Morgan fingerprint density at radius 2 is 2.14 bits per heavy atom. The molecule has 42 heavy (non-hydrogen) atoms. The standard InChI is InChI=1S/C23H25N9O7S3/c1-5-6-31-22(27-29-30-31)42-9-11-8-40-19-15(18(35)32(19)16(11)20(36)37)26-17(34)14(12-10-41-21(24)25-12)28-38-7-13(33)39-23(2,3)4/h1,10,15,19H,6-9H2,2-4H3,(H2,24,25)(H,26,34)(H,36,37)/t15?,19-/m0/s1. The number of amides is 2. The van der Waals surface area contributed by atoms with Gasteiger partial charge in [0.1, 0.15) is 35.0 Å². The summed E-state index contributed by atoms with van der Waals surface area (Å²) >= 11 is 3.52. The molecule has 0 bridgehead atoms. The van der Waals surface area contributed by atoms with Gasteiger partial charge in [0.05, 0.1) is 0 Å². The Bertz CT molecular complexity index is 1500. The molecular weight excluding hydrogens is 611 g/mol. The number of oxime groups is 1. The minimum Gasteiger partial charge on any atom is -0.477 e. The van der Waals surface area contributed by atoms with Gasteiger partial charge in [-0.2, -0.15) is 0 Å². The number of aliphatic carboxylic acids is 1. The maximum Gasteiger partial charge on any atom is 0.352 e. The average Bonchev–Trinajstić information content (AvgIpc) is 3.55. The lowest BCUT2D eigenvalue weighted by Gasteiger charge is -2.49. The summed E-state index contributed by atoms with van der Waals surface area (Å²) in [5, 5.41) is 28.9. The number of β-lactam (4-membered cyclic amide) rings is 1. The number of rotatable bonds is 11. The smallest absolute Gasteiger partial charge is 0.352 e. The number of carboxylic acid groups (broad SMARTS) is 1. The van der Waals surface area contributed by atoms with Crippen molar-refractivity contribution in [2.75, 3.05) is 23.8 Å². The van der Waals surface area contributed by atoms with Gasteiger partial charge >= 0.3 is 11.9 Å². The van der Waals surface area contributed by atoms with Crippen LogP contribution in [-0.2, 0) is 35.3 Å². The fourth-order valence-corrected chi connectivity index (χ4v) is 6.67. The van der Waals surface area contributed by atoms with Crippen LogP contribution in [0.25, 0.3) is 0 Å². The number of aromatic nitrogens is 5.